The van der Waals surface area contributed by atoms with Crippen molar-refractivity contribution >= 4 is 11.9 Å². The Hall–Kier alpha value is -1.84. The fourth-order valence-corrected chi connectivity index (χ4v) is 3.94. The fourth-order valence-electron chi connectivity index (χ4n) is 3.94. The van der Waals surface area contributed by atoms with Crippen LogP contribution in [0, 0.1) is 5.92 Å². The molecule has 1 aliphatic heterocycles. The van der Waals surface area contributed by atoms with Gasteiger partial charge in [0.2, 0.25) is 5.91 Å². The topological polar surface area (TPSA) is 57.6 Å². The molecule has 0 saturated carbocycles. The van der Waals surface area contributed by atoms with Crippen LogP contribution < -0.4 is 0 Å². The Morgan fingerprint density at radius 1 is 1.23 bits per heavy atom. The second-order valence-corrected chi connectivity index (χ2v) is 6.75. The lowest BCUT2D eigenvalue weighted by atomic mass is 9.70. The largest absolute Gasteiger partial charge is 0.481 e. The molecule has 1 N–H and O–H groups in total. The van der Waals surface area contributed by atoms with E-state index >= 15 is 0 Å². The first-order valence-corrected chi connectivity index (χ1v) is 8.13. The van der Waals surface area contributed by atoms with E-state index in [-0.39, 0.29) is 11.8 Å². The molecule has 1 aromatic rings. The van der Waals surface area contributed by atoms with Crippen molar-refractivity contribution in [1.82, 2.24) is 4.90 Å². The number of aliphatic carboxylic acids is 1. The van der Waals surface area contributed by atoms with Crippen molar-refractivity contribution in [2.24, 2.45) is 5.92 Å². The number of likely N-dealkylation sites (tertiary alicyclic amines) is 1. The van der Waals surface area contributed by atoms with Gasteiger partial charge in [0.15, 0.2) is 0 Å². The molecule has 22 heavy (non-hydrogen) atoms. The molecule has 1 aliphatic carbocycles. The summed E-state index contributed by atoms with van der Waals surface area (Å²) in [4.78, 5) is 26.0. The second-order valence-electron chi connectivity index (χ2n) is 6.75. The van der Waals surface area contributed by atoms with Crippen LogP contribution in [0.25, 0.3) is 0 Å². The molecule has 1 amide bonds. The van der Waals surface area contributed by atoms with E-state index < -0.39 is 11.4 Å². The number of benzene rings is 1. The first-order valence-electron chi connectivity index (χ1n) is 8.13. The van der Waals surface area contributed by atoms with E-state index in [9.17, 15) is 9.59 Å². The highest BCUT2D eigenvalue weighted by molar-refractivity contribution is 5.89. The Bertz CT molecular complexity index is 590. The van der Waals surface area contributed by atoms with E-state index in [0.29, 0.717) is 25.9 Å². The predicted octanol–water partition coefficient (Wildman–Crippen LogP) is 2.60. The first-order chi connectivity index (χ1) is 10.5. The molecular formula is C18H23NO3. The SMILES string of the molecule is C[C@@]1(C(=O)N2CCC(C(=O)O)CC2)CCCc2ccccc21. The van der Waals surface area contributed by atoms with Crippen LogP contribution >= 0.6 is 0 Å². The zero-order valence-corrected chi connectivity index (χ0v) is 13.0. The van der Waals surface area contributed by atoms with E-state index in [2.05, 4.69) is 19.1 Å². The molecule has 4 nitrogen and oxygen atoms in total. The monoisotopic (exact) mass is 301 g/mol. The molecule has 1 fully saturated rings. The molecule has 0 aromatic heterocycles. The van der Waals surface area contributed by atoms with Gasteiger partial charge in [-0.1, -0.05) is 24.3 Å². The van der Waals surface area contributed by atoms with Gasteiger partial charge in [-0.05, 0) is 50.2 Å². The van der Waals surface area contributed by atoms with Crippen LogP contribution in [0.15, 0.2) is 24.3 Å². The third-order valence-corrected chi connectivity index (χ3v) is 5.34. The van der Waals surface area contributed by atoms with Crippen LogP contribution in [0.4, 0.5) is 0 Å². The molecule has 1 saturated heterocycles. The van der Waals surface area contributed by atoms with Gasteiger partial charge in [0.25, 0.3) is 0 Å². The Morgan fingerprint density at radius 2 is 1.91 bits per heavy atom. The van der Waals surface area contributed by atoms with Crippen LogP contribution in [0.5, 0.6) is 0 Å². The maximum atomic E-state index is 13.1. The number of aryl methyl sites for hydroxylation is 1. The third kappa shape index (κ3) is 2.51. The highest BCUT2D eigenvalue weighted by atomic mass is 16.4. The highest BCUT2D eigenvalue weighted by Gasteiger charge is 2.42. The average Bonchev–Trinajstić information content (AvgIpc) is 2.55. The van der Waals surface area contributed by atoms with Crippen LogP contribution in [0.2, 0.25) is 0 Å². The fraction of sp³-hybridized carbons (Fsp3) is 0.556. The van der Waals surface area contributed by atoms with Gasteiger partial charge in [-0.2, -0.15) is 0 Å². The molecular weight excluding hydrogens is 278 g/mol. The number of fused-ring (bicyclic) bond motifs is 1. The molecule has 0 unspecified atom stereocenters. The number of carboxylic acid groups (broad SMARTS) is 1. The van der Waals surface area contributed by atoms with E-state index in [0.717, 1.165) is 24.8 Å². The summed E-state index contributed by atoms with van der Waals surface area (Å²) >= 11 is 0. The van der Waals surface area contributed by atoms with Gasteiger partial charge in [-0.15, -0.1) is 0 Å². The smallest absolute Gasteiger partial charge is 0.306 e. The summed E-state index contributed by atoms with van der Waals surface area (Å²) in [6.07, 6.45) is 4.09. The maximum Gasteiger partial charge on any atom is 0.306 e. The van der Waals surface area contributed by atoms with Crippen molar-refractivity contribution in [2.45, 2.75) is 44.4 Å². The van der Waals surface area contributed by atoms with Crippen LogP contribution in [0.1, 0.15) is 43.7 Å². The Kier molecular flexibility index (Phi) is 3.94. The Morgan fingerprint density at radius 3 is 2.59 bits per heavy atom. The van der Waals surface area contributed by atoms with E-state index in [4.69, 9.17) is 5.11 Å². The normalized spacial score (nSPS) is 25.6. The Labute approximate surface area is 131 Å². The summed E-state index contributed by atoms with van der Waals surface area (Å²) in [7, 11) is 0. The number of rotatable bonds is 2. The minimum absolute atomic E-state index is 0.170. The van der Waals surface area contributed by atoms with Gasteiger partial charge in [0, 0.05) is 13.1 Å². The molecule has 4 heteroatoms. The van der Waals surface area contributed by atoms with E-state index in [1.54, 1.807) is 0 Å². The summed E-state index contributed by atoms with van der Waals surface area (Å²) in [6, 6.07) is 8.24. The minimum atomic E-state index is -0.735. The molecule has 0 bridgehead atoms. The van der Waals surface area contributed by atoms with Crippen LogP contribution in [-0.4, -0.2) is 35.0 Å². The van der Waals surface area contributed by atoms with Crippen molar-refractivity contribution in [3.63, 3.8) is 0 Å². The van der Waals surface area contributed by atoms with Crippen molar-refractivity contribution in [2.75, 3.05) is 13.1 Å². The number of hydrogen-bond acceptors (Lipinski definition) is 2. The van der Waals surface area contributed by atoms with Crippen molar-refractivity contribution in [3.8, 4) is 0 Å². The average molecular weight is 301 g/mol. The zero-order valence-electron chi connectivity index (χ0n) is 13.0. The molecule has 0 spiro atoms. The number of carbonyl (C=O) groups is 2. The minimum Gasteiger partial charge on any atom is -0.481 e. The number of piperidine rings is 1. The summed E-state index contributed by atoms with van der Waals surface area (Å²) in [5, 5.41) is 9.09. The molecule has 1 heterocycles. The lowest BCUT2D eigenvalue weighted by Crippen LogP contribution is -2.50. The second kappa shape index (κ2) is 5.75. The highest BCUT2D eigenvalue weighted by Crippen LogP contribution is 2.39. The zero-order chi connectivity index (χ0) is 15.7. The molecule has 1 atom stereocenters. The van der Waals surface area contributed by atoms with Gasteiger partial charge >= 0.3 is 5.97 Å². The molecule has 2 aliphatic rings. The number of hydrogen-bond donors (Lipinski definition) is 1. The summed E-state index contributed by atoms with van der Waals surface area (Å²) in [6.45, 7) is 3.18. The number of carbonyl (C=O) groups excluding carboxylic acids is 1. The molecule has 1 aromatic carbocycles. The molecule has 3 rings (SSSR count). The standard InChI is InChI=1S/C18H23NO3/c1-18(10-4-6-13-5-2-3-7-15(13)18)17(22)19-11-8-14(9-12-19)16(20)21/h2-3,5,7,14H,4,6,8-12H2,1H3,(H,20,21)/t18-/m1/s1. The molecule has 118 valence electrons. The maximum absolute atomic E-state index is 13.1. The predicted molar refractivity (Wildman–Crippen MR) is 83.7 cm³/mol. The molecule has 0 radical (unpaired) electrons. The van der Waals surface area contributed by atoms with Gasteiger partial charge in [0.1, 0.15) is 0 Å². The summed E-state index contributed by atoms with van der Waals surface area (Å²) in [5.41, 5.74) is 1.99. The number of amides is 1. The van der Waals surface area contributed by atoms with Gasteiger partial charge in [-0.3, -0.25) is 9.59 Å². The van der Waals surface area contributed by atoms with Gasteiger partial charge in [-0.25, -0.2) is 0 Å². The van der Waals surface area contributed by atoms with Crippen LogP contribution in [0.3, 0.4) is 0 Å². The number of nitrogens with zero attached hydrogens (tertiary/aromatic N) is 1. The lowest BCUT2D eigenvalue weighted by molar-refractivity contribution is -0.147. The Balaban J connectivity index is 1.80. The number of carboxylic acids is 1. The van der Waals surface area contributed by atoms with Crippen molar-refractivity contribution in [1.29, 1.82) is 0 Å². The van der Waals surface area contributed by atoms with Gasteiger partial charge < -0.3 is 10.0 Å². The quantitative estimate of drug-likeness (QED) is 0.913. The van der Waals surface area contributed by atoms with Crippen LogP contribution in [-0.2, 0) is 21.4 Å². The van der Waals surface area contributed by atoms with E-state index in [1.807, 2.05) is 17.0 Å². The first kappa shape index (κ1) is 15.1. The van der Waals surface area contributed by atoms with Gasteiger partial charge in [0.05, 0.1) is 11.3 Å². The van der Waals surface area contributed by atoms with Crippen molar-refractivity contribution < 1.29 is 14.7 Å². The lowest BCUT2D eigenvalue weighted by Gasteiger charge is -2.40. The summed E-state index contributed by atoms with van der Waals surface area (Å²) in [5.74, 6) is -0.861. The van der Waals surface area contributed by atoms with E-state index in [1.165, 1.54) is 5.56 Å². The van der Waals surface area contributed by atoms with Crippen molar-refractivity contribution in [3.05, 3.63) is 35.4 Å². The summed E-state index contributed by atoms with van der Waals surface area (Å²) < 4.78 is 0. The third-order valence-electron chi connectivity index (χ3n) is 5.34.